The van der Waals surface area contributed by atoms with Gasteiger partial charge in [0.1, 0.15) is 6.10 Å². The topological polar surface area (TPSA) is 81.4 Å². The number of hydrogen-bond donors (Lipinski definition) is 1. The molecule has 20 heavy (non-hydrogen) atoms. The maximum Gasteiger partial charge on any atom is 0.156 e. The second-order valence-corrected chi connectivity index (χ2v) is 8.13. The predicted molar refractivity (Wildman–Crippen MR) is 78.2 cm³/mol. The first-order valence-corrected chi connectivity index (χ1v) is 9.08. The van der Waals surface area contributed by atoms with Gasteiger partial charge in [-0.2, -0.15) is 5.10 Å². The maximum absolute atomic E-state index is 12.1. The van der Waals surface area contributed by atoms with E-state index in [0.717, 1.165) is 6.42 Å². The van der Waals surface area contributed by atoms with Gasteiger partial charge in [-0.25, -0.2) is 8.42 Å². The molecule has 6 nitrogen and oxygen atoms in total. The average Bonchev–Trinajstić information content (AvgIpc) is 2.76. The van der Waals surface area contributed by atoms with Gasteiger partial charge in [0, 0.05) is 7.11 Å². The van der Waals surface area contributed by atoms with Crippen LogP contribution in [0.1, 0.15) is 31.1 Å². The first-order valence-electron chi connectivity index (χ1n) is 6.57. The van der Waals surface area contributed by atoms with E-state index in [2.05, 4.69) is 21.0 Å². The van der Waals surface area contributed by atoms with E-state index in [4.69, 9.17) is 4.74 Å². The second-order valence-electron chi connectivity index (χ2n) is 4.94. The molecule has 0 aliphatic carbocycles. The molecule has 1 fully saturated rings. The monoisotopic (exact) mass is 366 g/mol. The molecule has 0 bridgehead atoms. The summed E-state index contributed by atoms with van der Waals surface area (Å²) in [6, 6.07) is 0. The molecule has 8 heteroatoms. The Hall–Kier alpha value is -0.440. The van der Waals surface area contributed by atoms with Crippen LogP contribution in [0.4, 0.5) is 0 Å². The van der Waals surface area contributed by atoms with Crippen LogP contribution in [-0.4, -0.2) is 48.0 Å². The molecule has 0 amide bonds. The van der Waals surface area contributed by atoms with Crippen LogP contribution >= 0.6 is 15.9 Å². The van der Waals surface area contributed by atoms with Crippen LogP contribution in [0, 0.1) is 0 Å². The lowest BCUT2D eigenvalue weighted by Gasteiger charge is -2.27. The summed E-state index contributed by atoms with van der Waals surface area (Å²) in [5.41, 5.74) is 0.512. The van der Waals surface area contributed by atoms with E-state index in [1.54, 1.807) is 18.0 Å². The number of ether oxygens (including phenoxy) is 1. The molecule has 1 N–H and O–H groups in total. The van der Waals surface area contributed by atoms with Crippen LogP contribution < -0.4 is 0 Å². The van der Waals surface area contributed by atoms with Gasteiger partial charge in [0.2, 0.25) is 0 Å². The minimum Gasteiger partial charge on any atom is -0.385 e. The molecule has 2 unspecified atom stereocenters. The summed E-state index contributed by atoms with van der Waals surface area (Å²) in [4.78, 5) is 0. The fourth-order valence-electron chi connectivity index (χ4n) is 2.53. The lowest BCUT2D eigenvalue weighted by atomic mass is 10.1. The predicted octanol–water partition coefficient (Wildman–Crippen LogP) is 1.29. The molecule has 2 heterocycles. The maximum atomic E-state index is 12.1. The van der Waals surface area contributed by atoms with Gasteiger partial charge in [0.25, 0.3) is 0 Å². The fraction of sp³-hybridized carbons (Fsp3) is 0.750. The number of halogens is 1. The molecule has 1 saturated heterocycles. The molecule has 2 atom stereocenters. The second kappa shape index (κ2) is 6.55. The number of aromatic nitrogens is 2. The lowest BCUT2D eigenvalue weighted by Crippen LogP contribution is -2.35. The van der Waals surface area contributed by atoms with E-state index in [1.165, 1.54) is 0 Å². The summed E-state index contributed by atoms with van der Waals surface area (Å²) < 4.78 is 31.5. The molecule has 1 aromatic heterocycles. The quantitative estimate of drug-likeness (QED) is 0.848. The van der Waals surface area contributed by atoms with Crippen molar-refractivity contribution in [3.63, 3.8) is 0 Å². The highest BCUT2D eigenvalue weighted by molar-refractivity contribution is 9.10. The zero-order valence-corrected chi connectivity index (χ0v) is 13.7. The number of rotatable bonds is 5. The third-order valence-electron chi connectivity index (χ3n) is 3.60. The molecule has 0 spiro atoms. The van der Waals surface area contributed by atoms with Crippen molar-refractivity contribution in [1.29, 1.82) is 0 Å². The third-order valence-corrected chi connectivity index (χ3v) is 6.49. The molecule has 0 aromatic carbocycles. The molecule has 1 aliphatic rings. The van der Waals surface area contributed by atoms with Crippen LogP contribution in [0.2, 0.25) is 0 Å². The number of methoxy groups -OCH3 is 1. The standard InChI is InChI=1S/C12H19BrN2O4S/c1-19-6-5-15-11(9(13)8-14-15)12(16)10-4-2-3-7-20(10,17)18/h8,10,12,16H,2-7H2,1H3. The summed E-state index contributed by atoms with van der Waals surface area (Å²) in [6.45, 7) is 0.923. The van der Waals surface area contributed by atoms with Gasteiger partial charge in [-0.3, -0.25) is 4.68 Å². The highest BCUT2D eigenvalue weighted by Gasteiger charge is 2.37. The van der Waals surface area contributed by atoms with Crippen molar-refractivity contribution in [2.45, 2.75) is 37.2 Å². The van der Waals surface area contributed by atoms with Crippen molar-refractivity contribution in [2.24, 2.45) is 0 Å². The smallest absolute Gasteiger partial charge is 0.156 e. The lowest BCUT2D eigenvalue weighted by molar-refractivity contribution is 0.143. The Morgan fingerprint density at radius 3 is 3.00 bits per heavy atom. The number of sulfone groups is 1. The van der Waals surface area contributed by atoms with Crippen LogP contribution in [0.5, 0.6) is 0 Å². The van der Waals surface area contributed by atoms with Crippen molar-refractivity contribution < 1.29 is 18.3 Å². The zero-order chi connectivity index (χ0) is 14.8. The minimum absolute atomic E-state index is 0.151. The van der Waals surface area contributed by atoms with E-state index in [0.29, 0.717) is 36.2 Å². The van der Waals surface area contributed by atoms with E-state index >= 15 is 0 Å². The van der Waals surface area contributed by atoms with Crippen molar-refractivity contribution in [3.05, 3.63) is 16.4 Å². The van der Waals surface area contributed by atoms with Crippen molar-refractivity contribution >= 4 is 25.8 Å². The van der Waals surface area contributed by atoms with Gasteiger partial charge < -0.3 is 9.84 Å². The summed E-state index contributed by atoms with van der Waals surface area (Å²) >= 11 is 3.33. The normalized spacial score (nSPS) is 23.6. The summed E-state index contributed by atoms with van der Waals surface area (Å²) in [5.74, 6) is 0.151. The summed E-state index contributed by atoms with van der Waals surface area (Å²) in [7, 11) is -1.66. The third kappa shape index (κ3) is 3.24. The Balaban J connectivity index is 2.28. The molecule has 1 aromatic rings. The van der Waals surface area contributed by atoms with Crippen molar-refractivity contribution in [2.75, 3.05) is 19.5 Å². The largest absolute Gasteiger partial charge is 0.385 e. The van der Waals surface area contributed by atoms with Gasteiger partial charge >= 0.3 is 0 Å². The summed E-state index contributed by atoms with van der Waals surface area (Å²) in [6.07, 6.45) is 2.50. The van der Waals surface area contributed by atoms with Gasteiger partial charge in [-0.05, 0) is 28.8 Å². The van der Waals surface area contributed by atoms with Crippen LogP contribution in [-0.2, 0) is 21.1 Å². The Labute approximate surface area is 127 Å². The Morgan fingerprint density at radius 2 is 2.35 bits per heavy atom. The zero-order valence-electron chi connectivity index (χ0n) is 11.3. The van der Waals surface area contributed by atoms with Crippen molar-refractivity contribution in [3.8, 4) is 0 Å². The van der Waals surface area contributed by atoms with Crippen LogP contribution in [0.3, 0.4) is 0 Å². The van der Waals surface area contributed by atoms with Gasteiger partial charge in [-0.1, -0.05) is 6.42 Å². The first-order chi connectivity index (χ1) is 9.47. The minimum atomic E-state index is -3.25. The Bertz CT molecular complexity index is 558. The van der Waals surface area contributed by atoms with E-state index in [-0.39, 0.29) is 5.75 Å². The highest BCUT2D eigenvalue weighted by atomic mass is 79.9. The molecule has 0 saturated carbocycles. The SMILES string of the molecule is COCCn1ncc(Br)c1C(O)C1CCCCS1(=O)=O. The van der Waals surface area contributed by atoms with Crippen molar-refractivity contribution in [1.82, 2.24) is 9.78 Å². The fourth-order valence-corrected chi connectivity index (χ4v) is 5.02. The first kappa shape index (κ1) is 15.9. The van der Waals surface area contributed by atoms with Gasteiger partial charge in [-0.15, -0.1) is 0 Å². The Kier molecular flexibility index (Phi) is 5.22. The number of aliphatic hydroxyl groups excluding tert-OH is 1. The van der Waals surface area contributed by atoms with E-state index in [1.807, 2.05) is 0 Å². The number of nitrogens with zero attached hydrogens (tertiary/aromatic N) is 2. The van der Waals surface area contributed by atoms with E-state index < -0.39 is 21.2 Å². The highest BCUT2D eigenvalue weighted by Crippen LogP contribution is 2.33. The number of hydrogen-bond acceptors (Lipinski definition) is 5. The molecular formula is C12H19BrN2O4S. The van der Waals surface area contributed by atoms with Gasteiger partial charge in [0.05, 0.1) is 40.5 Å². The molecule has 2 rings (SSSR count). The molecular weight excluding hydrogens is 348 g/mol. The van der Waals surface area contributed by atoms with Crippen LogP contribution in [0.25, 0.3) is 0 Å². The van der Waals surface area contributed by atoms with E-state index in [9.17, 15) is 13.5 Å². The van der Waals surface area contributed by atoms with Gasteiger partial charge in [0.15, 0.2) is 9.84 Å². The average molecular weight is 367 g/mol. The summed E-state index contributed by atoms with van der Waals surface area (Å²) in [5, 5.41) is 13.9. The molecule has 114 valence electrons. The van der Waals surface area contributed by atoms with Crippen LogP contribution in [0.15, 0.2) is 10.7 Å². The number of aliphatic hydroxyl groups is 1. The Morgan fingerprint density at radius 1 is 1.60 bits per heavy atom. The molecule has 0 radical (unpaired) electrons. The molecule has 1 aliphatic heterocycles.